The van der Waals surface area contributed by atoms with E-state index < -0.39 is 6.09 Å². The fourth-order valence-electron chi connectivity index (χ4n) is 3.46. The SMILES string of the molecule is NC(=O)OCCC(c1ccc(F)cc1)N1CCN(c2ccc(F)cc2)CC1. The molecular formula is C20H23F2N3O2. The maximum absolute atomic E-state index is 13.3. The number of carbonyl (C=O) groups excluding carboxylic acids is 1. The summed E-state index contributed by atoms with van der Waals surface area (Å²) in [6.45, 7) is 3.36. The zero-order chi connectivity index (χ0) is 19.2. The number of nitrogens with zero attached hydrogens (tertiary/aromatic N) is 2. The molecule has 144 valence electrons. The minimum absolute atomic E-state index is 0.000294. The van der Waals surface area contributed by atoms with Crippen molar-refractivity contribution in [2.24, 2.45) is 5.73 Å². The summed E-state index contributed by atoms with van der Waals surface area (Å²) in [7, 11) is 0. The number of amides is 1. The fraction of sp³-hybridized carbons (Fsp3) is 0.350. The molecule has 5 nitrogen and oxygen atoms in total. The minimum atomic E-state index is -0.797. The van der Waals surface area contributed by atoms with Gasteiger partial charge in [0, 0.05) is 44.3 Å². The van der Waals surface area contributed by atoms with Crippen molar-refractivity contribution in [3.05, 3.63) is 65.7 Å². The van der Waals surface area contributed by atoms with E-state index in [1.165, 1.54) is 24.3 Å². The van der Waals surface area contributed by atoms with Gasteiger partial charge in [0.05, 0.1) is 6.61 Å². The highest BCUT2D eigenvalue weighted by atomic mass is 19.1. The third-order valence-electron chi connectivity index (χ3n) is 4.84. The average molecular weight is 375 g/mol. The van der Waals surface area contributed by atoms with Gasteiger partial charge >= 0.3 is 6.09 Å². The predicted octanol–water partition coefficient (Wildman–Crippen LogP) is 3.31. The number of piperazine rings is 1. The summed E-state index contributed by atoms with van der Waals surface area (Å²) in [5.41, 5.74) is 7.02. The number of nitrogens with two attached hydrogens (primary N) is 1. The largest absolute Gasteiger partial charge is 0.450 e. The molecule has 0 radical (unpaired) electrons. The molecule has 1 heterocycles. The van der Waals surface area contributed by atoms with E-state index in [0.29, 0.717) is 6.42 Å². The Bertz CT molecular complexity index is 745. The number of primary amides is 1. The number of anilines is 1. The first kappa shape index (κ1) is 19.1. The van der Waals surface area contributed by atoms with Crippen molar-refractivity contribution in [3.8, 4) is 0 Å². The van der Waals surface area contributed by atoms with E-state index in [4.69, 9.17) is 10.5 Å². The molecule has 2 aromatic carbocycles. The van der Waals surface area contributed by atoms with Gasteiger partial charge in [0.2, 0.25) is 0 Å². The Balaban J connectivity index is 1.66. The molecule has 1 atom stereocenters. The zero-order valence-corrected chi connectivity index (χ0v) is 15.0. The van der Waals surface area contributed by atoms with Crippen LogP contribution >= 0.6 is 0 Å². The van der Waals surface area contributed by atoms with Gasteiger partial charge in [0.15, 0.2) is 0 Å². The number of carbonyl (C=O) groups is 1. The second-order valence-corrected chi connectivity index (χ2v) is 6.52. The van der Waals surface area contributed by atoms with Crippen LogP contribution in [0.2, 0.25) is 0 Å². The van der Waals surface area contributed by atoms with Gasteiger partial charge in [-0.05, 0) is 42.0 Å². The zero-order valence-electron chi connectivity index (χ0n) is 15.0. The Labute approximate surface area is 157 Å². The van der Waals surface area contributed by atoms with Crippen LogP contribution in [0.15, 0.2) is 48.5 Å². The van der Waals surface area contributed by atoms with Crippen molar-refractivity contribution in [2.75, 3.05) is 37.7 Å². The van der Waals surface area contributed by atoms with Gasteiger partial charge in [-0.1, -0.05) is 12.1 Å². The monoisotopic (exact) mass is 375 g/mol. The first-order chi connectivity index (χ1) is 13.0. The maximum atomic E-state index is 13.3. The highest BCUT2D eigenvalue weighted by Gasteiger charge is 2.25. The Hall–Kier alpha value is -2.67. The quantitative estimate of drug-likeness (QED) is 0.842. The van der Waals surface area contributed by atoms with Crippen molar-refractivity contribution in [3.63, 3.8) is 0 Å². The average Bonchev–Trinajstić information content (AvgIpc) is 2.67. The first-order valence-electron chi connectivity index (χ1n) is 8.95. The smallest absolute Gasteiger partial charge is 0.404 e. The number of rotatable bonds is 6. The van der Waals surface area contributed by atoms with Gasteiger partial charge in [-0.2, -0.15) is 0 Å². The van der Waals surface area contributed by atoms with E-state index in [0.717, 1.165) is 37.4 Å². The summed E-state index contributed by atoms with van der Waals surface area (Å²) in [4.78, 5) is 15.4. The summed E-state index contributed by atoms with van der Waals surface area (Å²) in [6.07, 6.45) is -0.223. The molecule has 1 saturated heterocycles. The van der Waals surface area contributed by atoms with E-state index in [9.17, 15) is 13.6 Å². The third-order valence-corrected chi connectivity index (χ3v) is 4.84. The lowest BCUT2D eigenvalue weighted by molar-refractivity contribution is 0.122. The van der Waals surface area contributed by atoms with Crippen molar-refractivity contribution in [2.45, 2.75) is 12.5 Å². The summed E-state index contributed by atoms with van der Waals surface area (Å²) in [5.74, 6) is -0.532. The molecule has 3 rings (SSSR count). The van der Waals surface area contributed by atoms with E-state index >= 15 is 0 Å². The number of hydrogen-bond acceptors (Lipinski definition) is 4. The third kappa shape index (κ3) is 5.17. The highest BCUT2D eigenvalue weighted by molar-refractivity contribution is 5.64. The van der Waals surface area contributed by atoms with Gasteiger partial charge in [0.25, 0.3) is 0 Å². The Morgan fingerprint density at radius 2 is 1.52 bits per heavy atom. The van der Waals surface area contributed by atoms with E-state index in [1.54, 1.807) is 24.3 Å². The highest BCUT2D eigenvalue weighted by Crippen LogP contribution is 2.27. The first-order valence-corrected chi connectivity index (χ1v) is 8.95. The molecule has 0 saturated carbocycles. The van der Waals surface area contributed by atoms with Crippen molar-refractivity contribution < 1.29 is 18.3 Å². The lowest BCUT2D eigenvalue weighted by atomic mass is 10.0. The van der Waals surface area contributed by atoms with Gasteiger partial charge in [-0.3, -0.25) is 4.90 Å². The van der Waals surface area contributed by atoms with Gasteiger partial charge in [0.1, 0.15) is 11.6 Å². The molecule has 1 unspecified atom stereocenters. The Kier molecular flexibility index (Phi) is 6.24. The van der Waals surface area contributed by atoms with Crippen LogP contribution in [0, 0.1) is 11.6 Å². The lowest BCUT2D eigenvalue weighted by Gasteiger charge is -2.40. The van der Waals surface area contributed by atoms with Crippen LogP contribution in [0.5, 0.6) is 0 Å². The molecule has 2 N–H and O–H groups in total. The molecule has 1 aliphatic rings. The number of benzene rings is 2. The molecule has 27 heavy (non-hydrogen) atoms. The van der Waals surface area contributed by atoms with E-state index in [2.05, 4.69) is 9.80 Å². The van der Waals surface area contributed by atoms with Crippen LogP contribution in [-0.2, 0) is 4.74 Å². The number of halogens is 2. The molecule has 0 bridgehead atoms. The van der Waals surface area contributed by atoms with Gasteiger partial charge in [-0.25, -0.2) is 13.6 Å². The van der Waals surface area contributed by atoms with Crippen LogP contribution in [0.3, 0.4) is 0 Å². The number of ether oxygens (including phenoxy) is 1. The van der Waals surface area contributed by atoms with E-state index in [-0.39, 0.29) is 24.3 Å². The van der Waals surface area contributed by atoms with E-state index in [1.807, 2.05) is 0 Å². The predicted molar refractivity (Wildman–Crippen MR) is 99.5 cm³/mol. The van der Waals surface area contributed by atoms with Crippen molar-refractivity contribution >= 4 is 11.8 Å². The fourth-order valence-corrected chi connectivity index (χ4v) is 3.46. The molecule has 0 aliphatic carbocycles. The molecule has 7 heteroatoms. The summed E-state index contributed by atoms with van der Waals surface area (Å²) >= 11 is 0. The summed E-state index contributed by atoms with van der Waals surface area (Å²) < 4.78 is 31.3. The molecule has 0 spiro atoms. The molecule has 1 aliphatic heterocycles. The second-order valence-electron chi connectivity index (χ2n) is 6.52. The Morgan fingerprint density at radius 3 is 2.07 bits per heavy atom. The molecular weight excluding hydrogens is 352 g/mol. The topological polar surface area (TPSA) is 58.8 Å². The molecule has 1 fully saturated rings. The van der Waals surface area contributed by atoms with Crippen LogP contribution < -0.4 is 10.6 Å². The second kappa shape index (κ2) is 8.81. The molecule has 1 amide bonds. The standard InChI is InChI=1S/C20H23F2N3O2/c21-16-3-1-15(2-4-16)19(9-14-27-20(23)26)25-12-10-24(11-13-25)18-7-5-17(22)6-8-18/h1-8,19H,9-14H2,(H2,23,26). The van der Waals surface area contributed by atoms with Crippen LogP contribution in [0.25, 0.3) is 0 Å². The lowest BCUT2D eigenvalue weighted by Crippen LogP contribution is -2.48. The van der Waals surface area contributed by atoms with Crippen molar-refractivity contribution in [1.82, 2.24) is 4.90 Å². The van der Waals surface area contributed by atoms with Crippen LogP contribution in [0.1, 0.15) is 18.0 Å². The summed E-state index contributed by atoms with van der Waals surface area (Å²) in [6, 6.07) is 12.9. The maximum Gasteiger partial charge on any atom is 0.404 e. The summed E-state index contributed by atoms with van der Waals surface area (Å²) in [5, 5.41) is 0. The Morgan fingerprint density at radius 1 is 0.963 bits per heavy atom. The normalized spacial score (nSPS) is 16.1. The van der Waals surface area contributed by atoms with Gasteiger partial charge in [-0.15, -0.1) is 0 Å². The van der Waals surface area contributed by atoms with Crippen LogP contribution in [0.4, 0.5) is 19.3 Å². The van der Waals surface area contributed by atoms with Crippen LogP contribution in [-0.4, -0.2) is 43.8 Å². The minimum Gasteiger partial charge on any atom is -0.450 e. The van der Waals surface area contributed by atoms with Gasteiger partial charge < -0.3 is 15.4 Å². The molecule has 0 aromatic heterocycles. The molecule has 2 aromatic rings. The number of hydrogen-bond donors (Lipinski definition) is 1. The van der Waals surface area contributed by atoms with Crippen molar-refractivity contribution in [1.29, 1.82) is 0 Å².